The fraction of sp³-hybridized carbons (Fsp3) is 0.278. The molecule has 2 rings (SSSR count). The summed E-state index contributed by atoms with van der Waals surface area (Å²) in [6.07, 6.45) is 0.0296. The van der Waals surface area contributed by atoms with Gasteiger partial charge in [0, 0.05) is 6.61 Å². The van der Waals surface area contributed by atoms with E-state index in [0.717, 1.165) is 12.0 Å². The van der Waals surface area contributed by atoms with Crippen molar-refractivity contribution in [3.63, 3.8) is 0 Å². The minimum Gasteiger partial charge on any atom is -0.480 e. The number of hydrogen-bond donors (Lipinski definition) is 2. The average Bonchev–Trinajstić information content (AvgIpc) is 2.56. The summed E-state index contributed by atoms with van der Waals surface area (Å²) < 4.78 is 5.85. The average molecular weight is 299 g/mol. The number of carboxylic acid groups (broad SMARTS) is 1. The van der Waals surface area contributed by atoms with Gasteiger partial charge in [0.15, 0.2) is 5.54 Å². The third kappa shape index (κ3) is 3.18. The summed E-state index contributed by atoms with van der Waals surface area (Å²) in [5.74, 6) is -1.11. The van der Waals surface area contributed by atoms with E-state index in [2.05, 4.69) is 0 Å². The van der Waals surface area contributed by atoms with Crippen LogP contribution < -0.4 is 5.73 Å². The van der Waals surface area contributed by atoms with Crippen LogP contribution in [0.25, 0.3) is 0 Å². The largest absolute Gasteiger partial charge is 0.480 e. The van der Waals surface area contributed by atoms with E-state index >= 15 is 0 Å². The Balaban J connectivity index is 2.52. The van der Waals surface area contributed by atoms with Gasteiger partial charge in [0.05, 0.1) is 0 Å². The van der Waals surface area contributed by atoms with Gasteiger partial charge in [0.25, 0.3) is 0 Å². The Morgan fingerprint density at radius 1 is 1.14 bits per heavy atom. The van der Waals surface area contributed by atoms with Gasteiger partial charge in [-0.05, 0) is 17.5 Å². The maximum atomic E-state index is 12.0. The lowest BCUT2D eigenvalue weighted by atomic mass is 9.82. The number of rotatable bonds is 7. The predicted molar refractivity (Wildman–Crippen MR) is 85.4 cm³/mol. The van der Waals surface area contributed by atoms with Crippen molar-refractivity contribution >= 4 is 5.97 Å². The predicted octanol–water partition coefficient (Wildman–Crippen LogP) is 3.09. The number of hydrogen-bond acceptors (Lipinski definition) is 3. The van der Waals surface area contributed by atoms with E-state index in [1.807, 2.05) is 43.3 Å². The zero-order valence-corrected chi connectivity index (χ0v) is 12.6. The Morgan fingerprint density at radius 3 is 2.18 bits per heavy atom. The van der Waals surface area contributed by atoms with E-state index < -0.39 is 17.6 Å². The van der Waals surface area contributed by atoms with Gasteiger partial charge in [0.2, 0.25) is 0 Å². The minimum atomic E-state index is -1.64. The van der Waals surface area contributed by atoms with Crippen LogP contribution in [0.1, 0.15) is 30.6 Å². The molecule has 22 heavy (non-hydrogen) atoms. The summed E-state index contributed by atoms with van der Waals surface area (Å²) in [6, 6.07) is 18.1. The third-order valence-electron chi connectivity index (χ3n) is 3.61. The summed E-state index contributed by atoms with van der Waals surface area (Å²) in [6.45, 7) is 2.42. The SMILES string of the molecule is CCCOC(c1ccccc1)C(N)(C(=O)O)c1ccccc1. The Bertz CT molecular complexity index is 600. The number of ether oxygens (including phenoxy) is 1. The Labute approximate surface area is 130 Å². The highest BCUT2D eigenvalue weighted by atomic mass is 16.5. The van der Waals surface area contributed by atoms with E-state index in [1.54, 1.807) is 24.3 Å². The molecule has 0 amide bonds. The molecule has 0 radical (unpaired) electrons. The zero-order chi connectivity index (χ0) is 16.0. The van der Waals surface area contributed by atoms with Gasteiger partial charge in [-0.3, -0.25) is 0 Å². The van der Waals surface area contributed by atoms with Crippen LogP contribution in [0.5, 0.6) is 0 Å². The number of benzene rings is 2. The molecule has 0 aliphatic rings. The monoisotopic (exact) mass is 299 g/mol. The highest BCUT2D eigenvalue weighted by Crippen LogP contribution is 2.36. The maximum Gasteiger partial charge on any atom is 0.331 e. The first-order valence-electron chi connectivity index (χ1n) is 7.35. The molecule has 0 heterocycles. The van der Waals surface area contributed by atoms with Crippen molar-refractivity contribution in [3.05, 3.63) is 71.8 Å². The molecule has 4 heteroatoms. The lowest BCUT2D eigenvalue weighted by Crippen LogP contribution is -2.51. The van der Waals surface area contributed by atoms with E-state index in [4.69, 9.17) is 10.5 Å². The van der Waals surface area contributed by atoms with Crippen LogP contribution in [-0.4, -0.2) is 17.7 Å². The lowest BCUT2D eigenvalue weighted by Gasteiger charge is -2.34. The standard InChI is InChI=1S/C18H21NO3/c1-2-13-22-16(14-9-5-3-6-10-14)18(19,17(20)21)15-11-7-4-8-12-15/h3-12,16H,2,13,19H2,1H3,(H,20,21). The second-order valence-electron chi connectivity index (χ2n) is 5.20. The van der Waals surface area contributed by atoms with E-state index in [-0.39, 0.29) is 0 Å². The maximum absolute atomic E-state index is 12.0. The first kappa shape index (κ1) is 16.2. The molecule has 0 aliphatic heterocycles. The molecule has 0 aromatic heterocycles. The summed E-state index contributed by atoms with van der Waals surface area (Å²) in [5, 5.41) is 9.81. The van der Waals surface area contributed by atoms with Gasteiger partial charge in [-0.25, -0.2) is 4.79 Å². The Hall–Kier alpha value is -2.17. The molecule has 0 bridgehead atoms. The normalized spacial score (nSPS) is 15.0. The molecule has 0 saturated heterocycles. The first-order valence-corrected chi connectivity index (χ1v) is 7.35. The number of aliphatic carboxylic acids is 1. The van der Waals surface area contributed by atoms with Gasteiger partial charge >= 0.3 is 5.97 Å². The van der Waals surface area contributed by atoms with Gasteiger partial charge in [-0.1, -0.05) is 67.6 Å². The van der Waals surface area contributed by atoms with Gasteiger partial charge < -0.3 is 15.6 Å². The third-order valence-corrected chi connectivity index (χ3v) is 3.61. The van der Waals surface area contributed by atoms with Crippen molar-refractivity contribution in [1.82, 2.24) is 0 Å². The molecule has 3 N–H and O–H groups in total. The van der Waals surface area contributed by atoms with Gasteiger partial charge in [0.1, 0.15) is 6.10 Å². The van der Waals surface area contributed by atoms with Crippen LogP contribution in [0.15, 0.2) is 60.7 Å². The quantitative estimate of drug-likeness (QED) is 0.824. The smallest absolute Gasteiger partial charge is 0.331 e. The van der Waals surface area contributed by atoms with E-state index in [1.165, 1.54) is 0 Å². The van der Waals surface area contributed by atoms with Crippen molar-refractivity contribution in [3.8, 4) is 0 Å². The second-order valence-corrected chi connectivity index (χ2v) is 5.20. The lowest BCUT2D eigenvalue weighted by molar-refractivity contribution is -0.151. The molecule has 4 nitrogen and oxygen atoms in total. The molecular formula is C18H21NO3. The van der Waals surface area contributed by atoms with Crippen LogP contribution in [-0.2, 0) is 15.1 Å². The van der Waals surface area contributed by atoms with Gasteiger partial charge in [-0.2, -0.15) is 0 Å². The van der Waals surface area contributed by atoms with Gasteiger partial charge in [-0.15, -0.1) is 0 Å². The van der Waals surface area contributed by atoms with E-state index in [9.17, 15) is 9.90 Å². The molecule has 116 valence electrons. The first-order chi connectivity index (χ1) is 10.6. The molecule has 2 aromatic carbocycles. The second kappa shape index (κ2) is 7.20. The topological polar surface area (TPSA) is 72.5 Å². The van der Waals surface area contributed by atoms with Crippen LogP contribution >= 0.6 is 0 Å². The van der Waals surface area contributed by atoms with Crippen molar-refractivity contribution < 1.29 is 14.6 Å². The van der Waals surface area contributed by atoms with E-state index in [0.29, 0.717) is 12.2 Å². The highest BCUT2D eigenvalue weighted by molar-refractivity contribution is 5.81. The minimum absolute atomic E-state index is 0.443. The van der Waals surface area contributed by atoms with Crippen LogP contribution in [0.4, 0.5) is 0 Å². The molecule has 0 saturated carbocycles. The Kier molecular flexibility index (Phi) is 5.31. The Morgan fingerprint density at radius 2 is 1.68 bits per heavy atom. The number of nitrogens with two attached hydrogens (primary N) is 1. The van der Waals surface area contributed by atoms with Crippen LogP contribution in [0.2, 0.25) is 0 Å². The summed E-state index contributed by atoms with van der Waals surface area (Å²) >= 11 is 0. The molecule has 2 atom stereocenters. The summed E-state index contributed by atoms with van der Waals surface area (Å²) in [5.41, 5.74) is 5.99. The van der Waals surface area contributed by atoms with Crippen LogP contribution in [0.3, 0.4) is 0 Å². The van der Waals surface area contributed by atoms with Crippen molar-refractivity contribution in [1.29, 1.82) is 0 Å². The molecule has 0 fully saturated rings. The number of carbonyl (C=O) groups is 1. The summed E-state index contributed by atoms with van der Waals surface area (Å²) in [7, 11) is 0. The fourth-order valence-corrected chi connectivity index (χ4v) is 2.46. The van der Waals surface area contributed by atoms with Crippen molar-refractivity contribution in [2.75, 3.05) is 6.61 Å². The van der Waals surface area contributed by atoms with Crippen molar-refractivity contribution in [2.45, 2.75) is 25.0 Å². The molecule has 0 aliphatic carbocycles. The summed E-state index contributed by atoms with van der Waals surface area (Å²) in [4.78, 5) is 12.0. The van der Waals surface area contributed by atoms with Crippen LogP contribution in [0, 0.1) is 0 Å². The zero-order valence-electron chi connectivity index (χ0n) is 12.6. The van der Waals surface area contributed by atoms with Crippen molar-refractivity contribution in [2.24, 2.45) is 5.73 Å². The fourth-order valence-electron chi connectivity index (χ4n) is 2.46. The molecule has 2 aromatic rings. The number of carboxylic acids is 1. The highest BCUT2D eigenvalue weighted by Gasteiger charge is 2.45. The molecule has 2 unspecified atom stereocenters. The molecular weight excluding hydrogens is 278 g/mol. The molecule has 0 spiro atoms.